The Bertz CT molecular complexity index is 1330. The second-order valence-electron chi connectivity index (χ2n) is 8.26. The zero-order valence-corrected chi connectivity index (χ0v) is 21.6. The van der Waals surface area contributed by atoms with Crippen LogP contribution in [0.4, 0.5) is 33.6 Å². The minimum atomic E-state index is -0.472. The summed E-state index contributed by atoms with van der Waals surface area (Å²) >= 11 is 12.7. The molecule has 2 amide bonds. The second-order valence-corrected chi connectivity index (χ2v) is 9.07. The van der Waals surface area contributed by atoms with Crippen molar-refractivity contribution >= 4 is 58.1 Å². The number of nitrogens with zero attached hydrogens (tertiary/aromatic N) is 4. The summed E-state index contributed by atoms with van der Waals surface area (Å²) in [6.07, 6.45) is 1.61. The number of hydrogen-bond acceptors (Lipinski definition) is 5. The van der Waals surface area contributed by atoms with Gasteiger partial charge in [-0.3, -0.25) is 0 Å². The number of benzene rings is 3. The normalized spacial score (nSPS) is 11.5. The molecule has 0 bridgehead atoms. The predicted octanol–water partition coefficient (Wildman–Crippen LogP) is 7.39. The molecule has 4 rings (SSSR count). The van der Waals surface area contributed by atoms with Crippen molar-refractivity contribution < 1.29 is 4.79 Å². The van der Waals surface area contributed by atoms with E-state index >= 15 is 0 Å². The number of hydrogen-bond donors (Lipinski definition) is 2. The van der Waals surface area contributed by atoms with Gasteiger partial charge in [-0.25, -0.2) is 14.7 Å². The Labute approximate surface area is 220 Å². The van der Waals surface area contributed by atoms with E-state index in [-0.39, 0.29) is 6.04 Å². The first kappa shape index (κ1) is 25.3. The number of para-hydroxylation sites is 3. The van der Waals surface area contributed by atoms with Crippen molar-refractivity contribution in [3.8, 4) is 0 Å². The molecule has 184 valence electrons. The van der Waals surface area contributed by atoms with Crippen molar-refractivity contribution in [3.05, 3.63) is 101 Å². The van der Waals surface area contributed by atoms with Crippen LogP contribution in [0.2, 0.25) is 10.0 Å². The van der Waals surface area contributed by atoms with E-state index < -0.39 is 6.03 Å². The van der Waals surface area contributed by atoms with Crippen molar-refractivity contribution in [1.82, 2.24) is 9.97 Å². The van der Waals surface area contributed by atoms with Crippen LogP contribution in [-0.2, 0) is 0 Å². The summed E-state index contributed by atoms with van der Waals surface area (Å²) in [4.78, 5) is 26.2. The van der Waals surface area contributed by atoms with Crippen LogP contribution in [0.15, 0.2) is 85.1 Å². The molecule has 0 aliphatic heterocycles. The Hall–Kier alpha value is -3.81. The maximum atomic E-state index is 13.7. The van der Waals surface area contributed by atoms with E-state index in [0.29, 0.717) is 33.2 Å². The topological polar surface area (TPSA) is 73.4 Å². The van der Waals surface area contributed by atoms with Crippen molar-refractivity contribution in [1.29, 1.82) is 0 Å². The maximum absolute atomic E-state index is 13.7. The van der Waals surface area contributed by atoms with Gasteiger partial charge in [0.1, 0.15) is 5.82 Å². The van der Waals surface area contributed by atoms with Gasteiger partial charge in [-0.1, -0.05) is 71.7 Å². The van der Waals surface area contributed by atoms with Gasteiger partial charge < -0.3 is 15.5 Å². The number of urea groups is 1. The summed E-state index contributed by atoms with van der Waals surface area (Å²) < 4.78 is 0. The monoisotopic (exact) mass is 520 g/mol. The van der Waals surface area contributed by atoms with Gasteiger partial charge in [-0.05, 0) is 36.8 Å². The van der Waals surface area contributed by atoms with E-state index in [1.54, 1.807) is 30.5 Å². The van der Waals surface area contributed by atoms with Crippen LogP contribution in [0.25, 0.3) is 0 Å². The maximum Gasteiger partial charge on any atom is 0.332 e. The number of amides is 2. The first-order chi connectivity index (χ1) is 17.3. The lowest BCUT2D eigenvalue weighted by atomic mass is 10.1. The highest BCUT2D eigenvalue weighted by atomic mass is 35.5. The highest BCUT2D eigenvalue weighted by molar-refractivity contribution is 6.40. The third-order valence-electron chi connectivity index (χ3n) is 5.52. The summed E-state index contributed by atoms with van der Waals surface area (Å²) in [5.74, 6) is 0.766. The van der Waals surface area contributed by atoms with Crippen molar-refractivity contribution in [2.24, 2.45) is 0 Å². The summed E-state index contributed by atoms with van der Waals surface area (Å²) in [6, 6.07) is 23.8. The number of rotatable bonds is 7. The summed E-state index contributed by atoms with van der Waals surface area (Å²) in [5.41, 5.74) is 2.86. The quantitative estimate of drug-likeness (QED) is 0.265. The number of halogens is 2. The fourth-order valence-corrected chi connectivity index (χ4v) is 4.20. The molecule has 0 spiro atoms. The van der Waals surface area contributed by atoms with E-state index in [9.17, 15) is 4.79 Å². The summed E-state index contributed by atoms with van der Waals surface area (Å²) in [6.45, 7) is 2.02. The van der Waals surface area contributed by atoms with Crippen LogP contribution < -0.4 is 20.4 Å². The summed E-state index contributed by atoms with van der Waals surface area (Å²) in [7, 11) is 3.82. The third-order valence-corrected chi connectivity index (χ3v) is 6.15. The van der Waals surface area contributed by atoms with Crippen LogP contribution in [-0.4, -0.2) is 30.1 Å². The standard InChI is InChI=1S/C27H26Cl2N6O/c1-18(19-10-5-4-6-11-19)31-26-30-17-16-24(32-26)35(23-15-8-7-14-22(23)34(2)3)27(36)33-25-20(28)12-9-13-21(25)29/h4-18H,1-3H3,(H,33,36)(H,30,31,32)/t18-/m0/s1. The molecule has 0 unspecified atom stereocenters. The zero-order valence-electron chi connectivity index (χ0n) is 20.1. The molecular formula is C27H26Cl2N6O. The van der Waals surface area contributed by atoms with Gasteiger partial charge in [0.05, 0.1) is 33.1 Å². The number of aromatic nitrogens is 2. The number of carbonyl (C=O) groups is 1. The second kappa shape index (κ2) is 11.3. The Morgan fingerprint density at radius 1 is 0.861 bits per heavy atom. The molecule has 3 aromatic carbocycles. The first-order valence-electron chi connectivity index (χ1n) is 11.3. The molecule has 0 radical (unpaired) electrons. The van der Waals surface area contributed by atoms with E-state index in [4.69, 9.17) is 23.2 Å². The van der Waals surface area contributed by atoms with Crippen LogP contribution in [0, 0.1) is 0 Å². The molecule has 0 fully saturated rings. The van der Waals surface area contributed by atoms with E-state index in [0.717, 1.165) is 11.3 Å². The molecule has 2 N–H and O–H groups in total. The Kier molecular flexibility index (Phi) is 7.93. The third kappa shape index (κ3) is 5.70. The van der Waals surface area contributed by atoms with Gasteiger partial charge in [0.15, 0.2) is 0 Å². The van der Waals surface area contributed by atoms with Gasteiger partial charge in [-0.15, -0.1) is 0 Å². The number of anilines is 5. The zero-order chi connectivity index (χ0) is 25.7. The molecule has 9 heteroatoms. The predicted molar refractivity (Wildman–Crippen MR) is 149 cm³/mol. The first-order valence-corrected chi connectivity index (χ1v) is 12.1. The molecule has 4 aromatic rings. The lowest BCUT2D eigenvalue weighted by Crippen LogP contribution is -2.33. The van der Waals surface area contributed by atoms with Crippen molar-refractivity contribution in [2.45, 2.75) is 13.0 Å². The van der Waals surface area contributed by atoms with Crippen LogP contribution in [0.3, 0.4) is 0 Å². The molecule has 0 aliphatic carbocycles. The Morgan fingerprint density at radius 2 is 1.50 bits per heavy atom. The lowest BCUT2D eigenvalue weighted by Gasteiger charge is -2.27. The molecule has 1 aromatic heterocycles. The molecular weight excluding hydrogens is 495 g/mol. The van der Waals surface area contributed by atoms with Gasteiger partial charge in [0, 0.05) is 26.4 Å². The number of nitrogens with one attached hydrogen (secondary N) is 2. The largest absolute Gasteiger partial charge is 0.376 e. The molecule has 1 atom stereocenters. The van der Waals surface area contributed by atoms with E-state index in [2.05, 4.69) is 20.6 Å². The number of carbonyl (C=O) groups excluding carboxylic acids is 1. The van der Waals surface area contributed by atoms with Gasteiger partial charge >= 0.3 is 6.03 Å². The molecule has 0 saturated carbocycles. The smallest absolute Gasteiger partial charge is 0.332 e. The van der Waals surface area contributed by atoms with Crippen LogP contribution in [0.1, 0.15) is 18.5 Å². The van der Waals surface area contributed by atoms with Gasteiger partial charge in [0.25, 0.3) is 0 Å². The van der Waals surface area contributed by atoms with Gasteiger partial charge in [-0.2, -0.15) is 4.98 Å². The van der Waals surface area contributed by atoms with Crippen molar-refractivity contribution in [2.75, 3.05) is 34.5 Å². The minimum absolute atomic E-state index is 0.0419. The van der Waals surface area contributed by atoms with Crippen LogP contribution in [0.5, 0.6) is 0 Å². The Balaban J connectivity index is 1.74. The van der Waals surface area contributed by atoms with E-state index in [1.807, 2.05) is 80.5 Å². The minimum Gasteiger partial charge on any atom is -0.376 e. The molecule has 7 nitrogen and oxygen atoms in total. The highest BCUT2D eigenvalue weighted by Gasteiger charge is 2.25. The average Bonchev–Trinajstić information content (AvgIpc) is 2.87. The molecule has 1 heterocycles. The van der Waals surface area contributed by atoms with Gasteiger partial charge in [0.2, 0.25) is 5.95 Å². The average molecular weight is 521 g/mol. The fourth-order valence-electron chi connectivity index (χ4n) is 3.71. The Morgan fingerprint density at radius 3 is 2.17 bits per heavy atom. The highest BCUT2D eigenvalue weighted by Crippen LogP contribution is 2.36. The summed E-state index contributed by atoms with van der Waals surface area (Å²) in [5, 5.41) is 6.83. The lowest BCUT2D eigenvalue weighted by molar-refractivity contribution is 0.259. The molecule has 0 aliphatic rings. The molecule has 0 saturated heterocycles. The fraction of sp³-hybridized carbons (Fsp3) is 0.148. The van der Waals surface area contributed by atoms with Crippen LogP contribution >= 0.6 is 23.2 Å². The van der Waals surface area contributed by atoms with E-state index in [1.165, 1.54) is 4.90 Å². The SMILES string of the molecule is C[C@H](Nc1nccc(N(C(=O)Nc2c(Cl)cccc2Cl)c2ccccc2N(C)C)n1)c1ccccc1. The molecule has 36 heavy (non-hydrogen) atoms. The van der Waals surface area contributed by atoms with Crippen molar-refractivity contribution in [3.63, 3.8) is 0 Å².